The highest BCUT2D eigenvalue weighted by Gasteiger charge is 2.30. The molecule has 120 valence electrons. The van der Waals surface area contributed by atoms with Gasteiger partial charge in [0, 0.05) is 17.5 Å². The second kappa shape index (κ2) is 5.27. The summed E-state index contributed by atoms with van der Waals surface area (Å²) in [5, 5.41) is 0. The van der Waals surface area contributed by atoms with E-state index in [1.54, 1.807) is 0 Å². The molecule has 24 heavy (non-hydrogen) atoms. The van der Waals surface area contributed by atoms with Crippen LogP contribution in [0.4, 0.5) is 0 Å². The minimum Gasteiger partial charge on any atom is -0.233 e. The Morgan fingerprint density at radius 2 is 1.75 bits per heavy atom. The second-order valence-corrected chi connectivity index (χ2v) is 7.09. The molecule has 0 atom stereocenters. The summed E-state index contributed by atoms with van der Waals surface area (Å²) in [7, 11) is 2.11. The summed E-state index contributed by atoms with van der Waals surface area (Å²) >= 11 is 0. The van der Waals surface area contributed by atoms with Crippen LogP contribution in [0.5, 0.6) is 0 Å². The number of aromatic nitrogens is 2. The van der Waals surface area contributed by atoms with Crippen LogP contribution in [0.25, 0.3) is 22.6 Å². The lowest BCUT2D eigenvalue weighted by Gasteiger charge is -2.09. The number of rotatable bonds is 1. The fourth-order valence-electron chi connectivity index (χ4n) is 3.90. The van der Waals surface area contributed by atoms with E-state index >= 15 is 0 Å². The van der Waals surface area contributed by atoms with Crippen LogP contribution in [-0.2, 0) is 13.5 Å². The standard InChI is InChI=1S/C22H23N2/c1-13-9-15(3)16(4)19(10-13)22-23-21-18(12-24(22)5)11-17-8-6-7-14(2)20(17)21/h6-10,12H,11H2,1-5H3/q+1. The zero-order valence-electron chi connectivity index (χ0n) is 15.1. The molecule has 0 aliphatic heterocycles. The van der Waals surface area contributed by atoms with E-state index in [2.05, 4.69) is 75.8 Å². The zero-order valence-corrected chi connectivity index (χ0v) is 15.1. The third kappa shape index (κ3) is 2.17. The van der Waals surface area contributed by atoms with Crippen LogP contribution in [0.2, 0.25) is 0 Å². The van der Waals surface area contributed by atoms with Crippen LogP contribution in [0.3, 0.4) is 0 Å². The fraction of sp³-hybridized carbons (Fsp3) is 0.273. The van der Waals surface area contributed by atoms with Crippen molar-refractivity contribution in [1.29, 1.82) is 0 Å². The summed E-state index contributed by atoms with van der Waals surface area (Å²) < 4.78 is 2.18. The molecule has 0 fully saturated rings. The molecule has 0 spiro atoms. The molecule has 1 aliphatic carbocycles. The van der Waals surface area contributed by atoms with E-state index < -0.39 is 0 Å². The Kier molecular flexibility index (Phi) is 3.31. The monoisotopic (exact) mass is 315 g/mol. The van der Waals surface area contributed by atoms with Crippen LogP contribution in [0.15, 0.2) is 36.5 Å². The minimum atomic E-state index is 0.985. The number of nitrogens with zero attached hydrogens (tertiary/aromatic N) is 2. The first-order chi connectivity index (χ1) is 11.5. The third-order valence-electron chi connectivity index (χ3n) is 5.23. The van der Waals surface area contributed by atoms with Crippen LogP contribution in [0, 0.1) is 27.7 Å². The summed E-state index contributed by atoms with van der Waals surface area (Å²) in [6.07, 6.45) is 3.24. The van der Waals surface area contributed by atoms with Crippen molar-refractivity contribution in [2.75, 3.05) is 0 Å². The van der Waals surface area contributed by atoms with Crippen molar-refractivity contribution in [3.05, 3.63) is 69.9 Å². The van der Waals surface area contributed by atoms with Gasteiger partial charge in [-0.05, 0) is 66.6 Å². The lowest BCUT2D eigenvalue weighted by molar-refractivity contribution is -0.663. The largest absolute Gasteiger partial charge is 0.331 e. The van der Waals surface area contributed by atoms with Gasteiger partial charge in [0.15, 0.2) is 5.69 Å². The lowest BCUT2D eigenvalue weighted by Crippen LogP contribution is -2.33. The van der Waals surface area contributed by atoms with Gasteiger partial charge in [-0.1, -0.05) is 24.3 Å². The number of fused-ring (bicyclic) bond motifs is 3. The van der Waals surface area contributed by atoms with Gasteiger partial charge in [0.2, 0.25) is 0 Å². The molecule has 1 heterocycles. The van der Waals surface area contributed by atoms with E-state index in [4.69, 9.17) is 4.98 Å². The molecule has 2 nitrogen and oxygen atoms in total. The maximum Gasteiger partial charge on any atom is 0.331 e. The fourth-order valence-corrected chi connectivity index (χ4v) is 3.90. The first kappa shape index (κ1) is 15.1. The van der Waals surface area contributed by atoms with Gasteiger partial charge < -0.3 is 0 Å². The second-order valence-electron chi connectivity index (χ2n) is 7.09. The van der Waals surface area contributed by atoms with Crippen molar-refractivity contribution in [3.8, 4) is 22.6 Å². The molecule has 2 heteroatoms. The topological polar surface area (TPSA) is 16.8 Å². The SMILES string of the molecule is Cc1cc(C)c(C)c(-c2nc3c(c[n+]2C)Cc2cccc(C)c2-3)c1. The number of hydrogen-bond acceptors (Lipinski definition) is 1. The Morgan fingerprint density at radius 1 is 0.958 bits per heavy atom. The number of benzene rings is 2. The molecule has 3 aromatic rings. The Labute approximate surface area is 143 Å². The van der Waals surface area contributed by atoms with Gasteiger partial charge in [-0.15, -0.1) is 0 Å². The first-order valence-corrected chi connectivity index (χ1v) is 8.52. The molecule has 4 rings (SSSR count). The van der Waals surface area contributed by atoms with Crippen LogP contribution < -0.4 is 4.57 Å². The van der Waals surface area contributed by atoms with Gasteiger partial charge in [-0.3, -0.25) is 0 Å². The first-order valence-electron chi connectivity index (χ1n) is 8.52. The minimum absolute atomic E-state index is 0.985. The van der Waals surface area contributed by atoms with E-state index in [1.807, 2.05) is 0 Å². The number of hydrogen-bond donors (Lipinski definition) is 0. The van der Waals surface area contributed by atoms with E-state index in [9.17, 15) is 0 Å². The summed E-state index contributed by atoms with van der Waals surface area (Å²) in [4.78, 5) is 5.13. The van der Waals surface area contributed by atoms with Crippen molar-refractivity contribution in [2.24, 2.45) is 7.05 Å². The predicted octanol–water partition coefficient (Wildman–Crippen LogP) is 4.38. The van der Waals surface area contributed by atoms with E-state index in [1.165, 1.54) is 44.5 Å². The van der Waals surface area contributed by atoms with Gasteiger partial charge in [0.05, 0.1) is 18.8 Å². The van der Waals surface area contributed by atoms with E-state index in [-0.39, 0.29) is 0 Å². The molecule has 1 aromatic heterocycles. The molecule has 0 bridgehead atoms. The lowest BCUT2D eigenvalue weighted by atomic mass is 9.99. The molecule has 0 N–H and O–H groups in total. The molecule has 1 aliphatic rings. The van der Waals surface area contributed by atoms with Gasteiger partial charge in [0.1, 0.15) is 0 Å². The Bertz CT molecular complexity index is 984. The molecule has 0 amide bonds. The van der Waals surface area contributed by atoms with Crippen molar-refractivity contribution in [2.45, 2.75) is 34.1 Å². The van der Waals surface area contributed by atoms with Gasteiger partial charge in [0.25, 0.3) is 0 Å². The van der Waals surface area contributed by atoms with Gasteiger partial charge in [-0.2, -0.15) is 0 Å². The van der Waals surface area contributed by atoms with Crippen molar-refractivity contribution in [1.82, 2.24) is 4.98 Å². The average molecular weight is 315 g/mol. The average Bonchev–Trinajstić information content (AvgIpc) is 2.88. The Morgan fingerprint density at radius 3 is 2.54 bits per heavy atom. The number of aryl methyl sites for hydroxylation is 4. The zero-order chi connectivity index (χ0) is 17.0. The van der Waals surface area contributed by atoms with Crippen molar-refractivity contribution >= 4 is 0 Å². The van der Waals surface area contributed by atoms with Crippen LogP contribution in [-0.4, -0.2) is 4.98 Å². The smallest absolute Gasteiger partial charge is 0.233 e. The Balaban J connectivity index is 1.99. The highest BCUT2D eigenvalue weighted by molar-refractivity contribution is 5.77. The normalized spacial score (nSPS) is 12.2. The quantitative estimate of drug-likeness (QED) is 0.476. The van der Waals surface area contributed by atoms with Crippen molar-refractivity contribution < 1.29 is 4.57 Å². The summed E-state index contributed by atoms with van der Waals surface area (Å²) in [6, 6.07) is 11.1. The van der Waals surface area contributed by atoms with E-state index in [0.717, 1.165) is 17.9 Å². The summed E-state index contributed by atoms with van der Waals surface area (Å²) in [5.41, 5.74) is 11.7. The van der Waals surface area contributed by atoms with Crippen LogP contribution >= 0.6 is 0 Å². The molecule has 0 radical (unpaired) electrons. The van der Waals surface area contributed by atoms with Gasteiger partial charge >= 0.3 is 5.82 Å². The molecule has 0 saturated heterocycles. The van der Waals surface area contributed by atoms with Crippen molar-refractivity contribution in [3.63, 3.8) is 0 Å². The molecular weight excluding hydrogens is 292 g/mol. The molecular formula is C22H23N2+. The van der Waals surface area contributed by atoms with Gasteiger partial charge in [-0.25, -0.2) is 4.57 Å². The summed E-state index contributed by atoms with van der Waals surface area (Å²) in [6.45, 7) is 8.71. The maximum absolute atomic E-state index is 5.13. The molecule has 2 aromatic carbocycles. The maximum atomic E-state index is 5.13. The molecule has 0 unspecified atom stereocenters. The third-order valence-corrected chi connectivity index (χ3v) is 5.23. The van der Waals surface area contributed by atoms with Crippen LogP contribution in [0.1, 0.15) is 33.4 Å². The Hall–Kier alpha value is -2.48. The summed E-state index contributed by atoms with van der Waals surface area (Å²) in [5.74, 6) is 1.05. The highest BCUT2D eigenvalue weighted by atomic mass is 15.0. The highest BCUT2D eigenvalue weighted by Crippen LogP contribution is 2.37. The molecule has 0 saturated carbocycles. The van der Waals surface area contributed by atoms with E-state index in [0.29, 0.717) is 0 Å². The predicted molar refractivity (Wildman–Crippen MR) is 98.0 cm³/mol.